The molecule has 1 N–H and O–H groups in total. The van der Waals surface area contributed by atoms with Crippen LogP contribution in [0.25, 0.3) is 0 Å². The lowest BCUT2D eigenvalue weighted by molar-refractivity contribution is -0.107. The molecule has 0 aliphatic rings. The molecule has 1 aromatic carbocycles. The Labute approximate surface area is 81.1 Å². The summed E-state index contributed by atoms with van der Waals surface area (Å²) in [7, 11) is 0. The SMILES string of the molecule is O=CCC#Cc1ccc(Cl)c(O)c1. The molecule has 0 atom stereocenters. The van der Waals surface area contributed by atoms with E-state index in [9.17, 15) is 9.90 Å². The minimum Gasteiger partial charge on any atom is -0.506 e. The molecule has 0 saturated heterocycles. The van der Waals surface area contributed by atoms with Crippen molar-refractivity contribution < 1.29 is 9.90 Å². The molecule has 0 radical (unpaired) electrons. The van der Waals surface area contributed by atoms with Crippen LogP contribution in [0.2, 0.25) is 5.02 Å². The third kappa shape index (κ3) is 2.81. The Kier molecular flexibility index (Phi) is 3.36. The maximum absolute atomic E-state index is 9.94. The van der Waals surface area contributed by atoms with Crippen LogP contribution in [-0.2, 0) is 4.79 Å². The number of hydrogen-bond donors (Lipinski definition) is 1. The molecule has 66 valence electrons. The van der Waals surface area contributed by atoms with Gasteiger partial charge in [0, 0.05) is 5.56 Å². The molecular formula is C10H7ClO2. The molecule has 0 bridgehead atoms. The van der Waals surface area contributed by atoms with Gasteiger partial charge >= 0.3 is 0 Å². The maximum atomic E-state index is 9.94. The van der Waals surface area contributed by atoms with Crippen LogP contribution in [0.15, 0.2) is 18.2 Å². The second kappa shape index (κ2) is 4.54. The lowest BCUT2D eigenvalue weighted by Gasteiger charge is -1.95. The standard InChI is InChI=1S/C10H7ClO2/c11-9-5-4-8(7-10(9)13)3-1-2-6-12/h4-7,13H,2H2. The molecule has 13 heavy (non-hydrogen) atoms. The van der Waals surface area contributed by atoms with Gasteiger partial charge in [-0.1, -0.05) is 23.4 Å². The zero-order valence-corrected chi connectivity index (χ0v) is 7.51. The molecule has 0 saturated carbocycles. The first-order valence-electron chi connectivity index (χ1n) is 3.65. The van der Waals surface area contributed by atoms with Crippen molar-refractivity contribution in [2.75, 3.05) is 0 Å². The minimum absolute atomic E-state index is 0.000398. The number of halogens is 1. The molecule has 0 aromatic heterocycles. The lowest BCUT2D eigenvalue weighted by atomic mass is 10.2. The summed E-state index contributed by atoms with van der Waals surface area (Å²) in [6, 6.07) is 4.70. The summed E-state index contributed by atoms with van der Waals surface area (Å²) in [4.78, 5) is 9.94. The molecule has 0 aliphatic carbocycles. The van der Waals surface area contributed by atoms with Gasteiger partial charge in [0.2, 0.25) is 0 Å². The van der Waals surface area contributed by atoms with E-state index >= 15 is 0 Å². The Morgan fingerprint density at radius 3 is 2.92 bits per heavy atom. The summed E-state index contributed by atoms with van der Waals surface area (Å²) < 4.78 is 0. The van der Waals surface area contributed by atoms with Crippen molar-refractivity contribution >= 4 is 17.9 Å². The molecule has 3 heteroatoms. The summed E-state index contributed by atoms with van der Waals surface area (Å²) >= 11 is 5.59. The monoisotopic (exact) mass is 194 g/mol. The number of aldehydes is 1. The number of aromatic hydroxyl groups is 1. The summed E-state index contributed by atoms with van der Waals surface area (Å²) in [6.07, 6.45) is 0.923. The van der Waals surface area contributed by atoms with Crippen LogP contribution in [0.3, 0.4) is 0 Å². The van der Waals surface area contributed by atoms with Gasteiger partial charge in [0.15, 0.2) is 0 Å². The van der Waals surface area contributed by atoms with Gasteiger partial charge in [-0.2, -0.15) is 0 Å². The van der Waals surface area contributed by atoms with Crippen LogP contribution in [0.5, 0.6) is 5.75 Å². The number of hydrogen-bond acceptors (Lipinski definition) is 2. The quantitative estimate of drug-likeness (QED) is 0.548. The van der Waals surface area contributed by atoms with Crippen LogP contribution in [0.4, 0.5) is 0 Å². The summed E-state index contributed by atoms with van der Waals surface area (Å²) in [5.74, 6) is 5.34. The highest BCUT2D eigenvalue weighted by molar-refractivity contribution is 6.32. The van der Waals surface area contributed by atoms with Crippen LogP contribution in [0.1, 0.15) is 12.0 Å². The zero-order chi connectivity index (χ0) is 9.68. The molecule has 0 fully saturated rings. The van der Waals surface area contributed by atoms with Crippen molar-refractivity contribution in [1.82, 2.24) is 0 Å². The first-order chi connectivity index (χ1) is 6.24. The Hall–Kier alpha value is -1.46. The van der Waals surface area contributed by atoms with Crippen LogP contribution >= 0.6 is 11.6 Å². The third-order valence-electron chi connectivity index (χ3n) is 1.36. The van der Waals surface area contributed by atoms with Gasteiger partial charge in [0.05, 0.1) is 11.4 Å². The fourth-order valence-corrected chi connectivity index (χ4v) is 0.903. The number of phenolic OH excluding ortho intramolecular Hbond substituents is 1. The summed E-state index contributed by atoms with van der Waals surface area (Å²) in [6.45, 7) is 0. The number of carbonyl (C=O) groups is 1. The number of benzene rings is 1. The number of carbonyl (C=O) groups excluding carboxylic acids is 1. The predicted molar refractivity (Wildman–Crippen MR) is 50.7 cm³/mol. The maximum Gasteiger partial charge on any atom is 0.135 e. The molecule has 0 spiro atoms. The Balaban J connectivity index is 2.87. The van der Waals surface area contributed by atoms with Gasteiger partial charge in [-0.3, -0.25) is 0 Å². The van der Waals surface area contributed by atoms with Crippen molar-refractivity contribution in [2.24, 2.45) is 0 Å². The van der Waals surface area contributed by atoms with Gasteiger partial charge in [0.1, 0.15) is 12.0 Å². The Morgan fingerprint density at radius 1 is 1.54 bits per heavy atom. The number of phenols is 1. The molecule has 1 aromatic rings. The van der Waals surface area contributed by atoms with E-state index in [0.717, 1.165) is 6.29 Å². The zero-order valence-electron chi connectivity index (χ0n) is 6.75. The highest BCUT2D eigenvalue weighted by Gasteiger charge is 1.96. The average Bonchev–Trinajstić information content (AvgIpc) is 2.12. The molecule has 2 nitrogen and oxygen atoms in total. The van der Waals surface area contributed by atoms with Gasteiger partial charge in [0.25, 0.3) is 0 Å². The first-order valence-corrected chi connectivity index (χ1v) is 4.03. The molecule has 1 rings (SSSR count). The van der Waals surface area contributed by atoms with E-state index in [0.29, 0.717) is 10.6 Å². The molecule has 0 amide bonds. The fourth-order valence-electron chi connectivity index (χ4n) is 0.785. The van der Waals surface area contributed by atoms with Gasteiger partial charge in [-0.15, -0.1) is 0 Å². The normalized spacial score (nSPS) is 8.69. The van der Waals surface area contributed by atoms with Crippen molar-refractivity contribution in [2.45, 2.75) is 6.42 Å². The fraction of sp³-hybridized carbons (Fsp3) is 0.100. The van der Waals surface area contributed by atoms with E-state index in [-0.39, 0.29) is 12.2 Å². The molecular weight excluding hydrogens is 188 g/mol. The average molecular weight is 195 g/mol. The third-order valence-corrected chi connectivity index (χ3v) is 1.68. The second-order valence-electron chi connectivity index (χ2n) is 2.34. The van der Waals surface area contributed by atoms with E-state index in [1.807, 2.05) is 0 Å². The predicted octanol–water partition coefficient (Wildman–Crippen LogP) is 1.99. The lowest BCUT2D eigenvalue weighted by Crippen LogP contribution is -1.75. The highest BCUT2D eigenvalue weighted by atomic mass is 35.5. The van der Waals surface area contributed by atoms with E-state index in [1.54, 1.807) is 12.1 Å². The first kappa shape index (κ1) is 9.63. The van der Waals surface area contributed by atoms with Crippen LogP contribution in [-0.4, -0.2) is 11.4 Å². The molecule has 0 aliphatic heterocycles. The van der Waals surface area contributed by atoms with Gasteiger partial charge in [-0.05, 0) is 18.2 Å². The van der Waals surface area contributed by atoms with Gasteiger partial charge in [-0.25, -0.2) is 0 Å². The van der Waals surface area contributed by atoms with Gasteiger partial charge < -0.3 is 9.90 Å². The van der Waals surface area contributed by atoms with Crippen molar-refractivity contribution in [3.05, 3.63) is 28.8 Å². The summed E-state index contributed by atoms with van der Waals surface area (Å²) in [5.41, 5.74) is 0.642. The van der Waals surface area contributed by atoms with E-state index in [2.05, 4.69) is 11.8 Å². The van der Waals surface area contributed by atoms with E-state index < -0.39 is 0 Å². The van der Waals surface area contributed by atoms with Crippen LogP contribution < -0.4 is 0 Å². The smallest absolute Gasteiger partial charge is 0.135 e. The molecule has 0 heterocycles. The second-order valence-corrected chi connectivity index (χ2v) is 2.75. The van der Waals surface area contributed by atoms with Crippen molar-refractivity contribution in [1.29, 1.82) is 0 Å². The highest BCUT2D eigenvalue weighted by Crippen LogP contribution is 2.22. The van der Waals surface area contributed by atoms with Crippen molar-refractivity contribution in [3.63, 3.8) is 0 Å². The Bertz CT molecular complexity index is 374. The van der Waals surface area contributed by atoms with Crippen LogP contribution in [0, 0.1) is 11.8 Å². The Morgan fingerprint density at radius 2 is 2.31 bits per heavy atom. The minimum atomic E-state index is -0.000398. The topological polar surface area (TPSA) is 37.3 Å². The largest absolute Gasteiger partial charge is 0.506 e. The van der Waals surface area contributed by atoms with Crippen molar-refractivity contribution in [3.8, 4) is 17.6 Å². The van der Waals surface area contributed by atoms with E-state index in [1.165, 1.54) is 6.07 Å². The van der Waals surface area contributed by atoms with E-state index in [4.69, 9.17) is 11.6 Å². The number of rotatable bonds is 1. The molecule has 0 unspecified atom stereocenters. The summed E-state index contributed by atoms with van der Waals surface area (Å²) in [5, 5.41) is 9.48.